The SMILES string of the molecule is CCC1CCN(S(=O)(=O)c2ccsc2CN)C1. The summed E-state index contributed by atoms with van der Waals surface area (Å²) in [5, 5.41) is 1.79. The highest BCUT2D eigenvalue weighted by molar-refractivity contribution is 7.89. The number of hydrogen-bond acceptors (Lipinski definition) is 4. The van der Waals surface area contributed by atoms with Crippen molar-refractivity contribution in [3.05, 3.63) is 16.3 Å². The van der Waals surface area contributed by atoms with Crippen molar-refractivity contribution >= 4 is 21.4 Å². The smallest absolute Gasteiger partial charge is 0.244 e. The zero-order valence-corrected chi connectivity index (χ0v) is 11.6. The lowest BCUT2D eigenvalue weighted by Crippen LogP contribution is -2.29. The van der Waals surface area contributed by atoms with Crippen LogP contribution in [0.15, 0.2) is 16.3 Å². The molecular formula is C11H18N2O2S2. The van der Waals surface area contributed by atoms with E-state index in [0.717, 1.165) is 17.7 Å². The Balaban J connectivity index is 2.26. The number of hydrogen-bond donors (Lipinski definition) is 1. The monoisotopic (exact) mass is 274 g/mol. The van der Waals surface area contributed by atoms with Crippen molar-refractivity contribution in [3.63, 3.8) is 0 Å². The van der Waals surface area contributed by atoms with Gasteiger partial charge in [0.1, 0.15) is 0 Å². The summed E-state index contributed by atoms with van der Waals surface area (Å²) in [5.74, 6) is 0.504. The Bertz CT molecular complexity index is 481. The lowest BCUT2D eigenvalue weighted by Gasteiger charge is -2.16. The van der Waals surface area contributed by atoms with E-state index in [0.29, 0.717) is 23.9 Å². The molecule has 0 radical (unpaired) electrons. The number of rotatable bonds is 4. The van der Waals surface area contributed by atoms with E-state index in [1.165, 1.54) is 11.3 Å². The summed E-state index contributed by atoms with van der Waals surface area (Å²) < 4.78 is 26.4. The highest BCUT2D eigenvalue weighted by atomic mass is 32.2. The molecule has 1 aliphatic rings. The Morgan fingerprint density at radius 1 is 1.59 bits per heavy atom. The first-order valence-corrected chi connectivity index (χ1v) is 8.18. The number of sulfonamides is 1. The molecule has 1 unspecified atom stereocenters. The summed E-state index contributed by atoms with van der Waals surface area (Å²) in [6.45, 7) is 3.69. The Kier molecular flexibility index (Phi) is 3.87. The van der Waals surface area contributed by atoms with E-state index in [9.17, 15) is 8.42 Å². The topological polar surface area (TPSA) is 63.4 Å². The lowest BCUT2D eigenvalue weighted by atomic mass is 10.1. The molecule has 0 spiro atoms. The fourth-order valence-corrected chi connectivity index (χ4v) is 5.03. The van der Waals surface area contributed by atoms with Crippen LogP contribution in [0.2, 0.25) is 0 Å². The molecule has 1 aromatic rings. The molecule has 0 bridgehead atoms. The third-order valence-electron chi connectivity index (χ3n) is 3.33. The molecule has 0 saturated carbocycles. The van der Waals surface area contributed by atoms with E-state index in [4.69, 9.17) is 5.73 Å². The van der Waals surface area contributed by atoms with Gasteiger partial charge >= 0.3 is 0 Å². The van der Waals surface area contributed by atoms with E-state index in [1.54, 1.807) is 15.8 Å². The van der Waals surface area contributed by atoms with Crippen LogP contribution < -0.4 is 5.73 Å². The molecule has 0 amide bonds. The summed E-state index contributed by atoms with van der Waals surface area (Å²) in [4.78, 5) is 1.16. The fourth-order valence-electron chi connectivity index (χ4n) is 2.20. The summed E-state index contributed by atoms with van der Waals surface area (Å²) >= 11 is 1.41. The minimum absolute atomic E-state index is 0.289. The van der Waals surface area contributed by atoms with Crippen molar-refractivity contribution < 1.29 is 8.42 Å². The molecule has 1 aromatic heterocycles. The lowest BCUT2D eigenvalue weighted by molar-refractivity contribution is 0.452. The van der Waals surface area contributed by atoms with Gasteiger partial charge in [0, 0.05) is 24.5 Å². The van der Waals surface area contributed by atoms with E-state index in [-0.39, 0.29) is 6.54 Å². The van der Waals surface area contributed by atoms with Crippen molar-refractivity contribution in [1.82, 2.24) is 4.31 Å². The van der Waals surface area contributed by atoms with Gasteiger partial charge in [-0.15, -0.1) is 11.3 Å². The largest absolute Gasteiger partial charge is 0.326 e. The minimum atomic E-state index is -3.32. The van der Waals surface area contributed by atoms with Gasteiger partial charge in [0.2, 0.25) is 10.0 Å². The molecule has 96 valence electrons. The molecule has 1 aliphatic heterocycles. The average Bonchev–Trinajstić information content (AvgIpc) is 2.97. The van der Waals surface area contributed by atoms with E-state index in [1.807, 2.05) is 0 Å². The number of thiophene rings is 1. The van der Waals surface area contributed by atoms with Gasteiger partial charge in [0.15, 0.2) is 0 Å². The maximum absolute atomic E-state index is 12.4. The Labute approximate surface area is 106 Å². The first kappa shape index (κ1) is 13.0. The Hall–Kier alpha value is -0.430. The zero-order valence-electron chi connectivity index (χ0n) is 9.93. The van der Waals surface area contributed by atoms with Gasteiger partial charge < -0.3 is 5.73 Å². The molecular weight excluding hydrogens is 256 g/mol. The fraction of sp³-hybridized carbons (Fsp3) is 0.636. The van der Waals surface area contributed by atoms with Crippen molar-refractivity contribution in [3.8, 4) is 0 Å². The number of nitrogens with zero attached hydrogens (tertiary/aromatic N) is 1. The van der Waals surface area contributed by atoms with Gasteiger partial charge in [-0.3, -0.25) is 0 Å². The normalized spacial score (nSPS) is 22.1. The highest BCUT2D eigenvalue weighted by Crippen LogP contribution is 2.29. The van der Waals surface area contributed by atoms with Crippen LogP contribution in [-0.4, -0.2) is 25.8 Å². The summed E-state index contributed by atoms with van der Waals surface area (Å²) in [6, 6.07) is 1.67. The molecule has 1 fully saturated rings. The summed E-state index contributed by atoms with van der Waals surface area (Å²) in [7, 11) is -3.32. The quantitative estimate of drug-likeness (QED) is 0.907. The molecule has 0 aliphatic carbocycles. The van der Waals surface area contributed by atoms with E-state index in [2.05, 4.69) is 6.92 Å². The van der Waals surface area contributed by atoms with Gasteiger partial charge in [0.05, 0.1) is 4.90 Å². The summed E-state index contributed by atoms with van der Waals surface area (Å²) in [6.07, 6.45) is 2.01. The second-order valence-electron chi connectivity index (χ2n) is 4.34. The molecule has 17 heavy (non-hydrogen) atoms. The van der Waals surface area contributed by atoms with Crippen molar-refractivity contribution in [2.24, 2.45) is 11.7 Å². The van der Waals surface area contributed by atoms with Crippen LogP contribution in [0.5, 0.6) is 0 Å². The second kappa shape index (κ2) is 5.06. The standard InChI is InChI=1S/C11H18N2O2S2/c1-2-9-3-5-13(8-9)17(14,15)11-4-6-16-10(11)7-12/h4,6,9H,2-3,5,7-8,12H2,1H3. The van der Waals surface area contributed by atoms with Gasteiger partial charge in [-0.25, -0.2) is 8.42 Å². The number of nitrogens with two attached hydrogens (primary N) is 1. The molecule has 2 N–H and O–H groups in total. The summed E-state index contributed by atoms with van der Waals surface area (Å²) in [5.41, 5.74) is 5.57. The second-order valence-corrected chi connectivity index (χ2v) is 7.25. The first-order chi connectivity index (χ1) is 8.09. The predicted molar refractivity (Wildman–Crippen MR) is 69.4 cm³/mol. The van der Waals surface area contributed by atoms with Crippen LogP contribution >= 0.6 is 11.3 Å². The maximum Gasteiger partial charge on any atom is 0.244 e. The van der Waals surface area contributed by atoms with Gasteiger partial charge in [-0.05, 0) is 23.8 Å². The third-order valence-corrected chi connectivity index (χ3v) is 6.36. The molecule has 1 saturated heterocycles. The average molecular weight is 274 g/mol. The zero-order chi connectivity index (χ0) is 12.5. The van der Waals surface area contributed by atoms with Crippen LogP contribution in [0.1, 0.15) is 24.6 Å². The first-order valence-electron chi connectivity index (χ1n) is 5.86. The van der Waals surface area contributed by atoms with Crippen molar-refractivity contribution in [1.29, 1.82) is 0 Å². The van der Waals surface area contributed by atoms with Crippen LogP contribution in [0, 0.1) is 5.92 Å². The third kappa shape index (κ3) is 2.40. The van der Waals surface area contributed by atoms with Gasteiger partial charge in [0.25, 0.3) is 0 Å². The van der Waals surface area contributed by atoms with Crippen LogP contribution in [0.25, 0.3) is 0 Å². The van der Waals surface area contributed by atoms with Crippen molar-refractivity contribution in [2.75, 3.05) is 13.1 Å². The van der Waals surface area contributed by atoms with Crippen LogP contribution in [-0.2, 0) is 16.6 Å². The van der Waals surface area contributed by atoms with Crippen LogP contribution in [0.3, 0.4) is 0 Å². The minimum Gasteiger partial charge on any atom is -0.326 e. The Morgan fingerprint density at radius 3 is 2.94 bits per heavy atom. The molecule has 0 aromatic carbocycles. The molecule has 1 atom stereocenters. The Morgan fingerprint density at radius 2 is 2.35 bits per heavy atom. The van der Waals surface area contributed by atoms with Crippen molar-refractivity contribution in [2.45, 2.75) is 31.2 Å². The molecule has 2 rings (SSSR count). The predicted octanol–water partition coefficient (Wildman–Crippen LogP) is 1.63. The van der Waals surface area contributed by atoms with E-state index < -0.39 is 10.0 Å². The molecule has 6 heteroatoms. The van der Waals surface area contributed by atoms with E-state index >= 15 is 0 Å². The molecule has 2 heterocycles. The highest BCUT2D eigenvalue weighted by Gasteiger charge is 2.33. The maximum atomic E-state index is 12.4. The van der Waals surface area contributed by atoms with Gasteiger partial charge in [-0.2, -0.15) is 4.31 Å². The van der Waals surface area contributed by atoms with Gasteiger partial charge in [-0.1, -0.05) is 13.3 Å². The van der Waals surface area contributed by atoms with Crippen LogP contribution in [0.4, 0.5) is 0 Å². The molecule has 4 nitrogen and oxygen atoms in total.